The third kappa shape index (κ3) is 2.12. The number of aromatic nitrogens is 4. The predicted octanol–water partition coefficient (Wildman–Crippen LogP) is 2.14. The average molecular weight is 301 g/mol. The van der Waals surface area contributed by atoms with Crippen molar-refractivity contribution in [2.75, 3.05) is 29.5 Å². The monoisotopic (exact) mass is 301 g/mol. The fraction of sp³-hybridized carbons (Fsp3) is 0.533. The van der Waals surface area contributed by atoms with Gasteiger partial charge in [-0.05, 0) is 26.8 Å². The van der Waals surface area contributed by atoms with Crippen molar-refractivity contribution in [3.05, 3.63) is 29.2 Å². The zero-order valence-electron chi connectivity index (χ0n) is 12.6. The fourth-order valence-corrected chi connectivity index (χ4v) is 4.27. The summed E-state index contributed by atoms with van der Waals surface area (Å²) in [4.78, 5) is 11.6. The number of hydrogen-bond donors (Lipinski definition) is 0. The Morgan fingerprint density at radius 3 is 2.38 bits per heavy atom. The van der Waals surface area contributed by atoms with Gasteiger partial charge in [0, 0.05) is 47.5 Å². The number of anilines is 1. The minimum Gasteiger partial charge on any atom is -0.355 e. The van der Waals surface area contributed by atoms with E-state index in [0.29, 0.717) is 11.4 Å². The van der Waals surface area contributed by atoms with E-state index in [4.69, 9.17) is 4.98 Å². The molecule has 0 N–H and O–H groups in total. The number of nitrogens with zero attached hydrogens (tertiary/aromatic N) is 5. The van der Waals surface area contributed by atoms with Gasteiger partial charge >= 0.3 is 0 Å². The maximum Gasteiger partial charge on any atom is 0.252 e. The molecule has 0 radical (unpaired) electrons. The van der Waals surface area contributed by atoms with Crippen LogP contribution in [-0.4, -0.2) is 44.3 Å². The first-order chi connectivity index (χ1) is 10.0. The van der Waals surface area contributed by atoms with Gasteiger partial charge in [-0.15, -0.1) is 0 Å². The smallest absolute Gasteiger partial charge is 0.252 e. The molecule has 2 aliphatic rings. The van der Waals surface area contributed by atoms with Gasteiger partial charge in [0.25, 0.3) is 5.95 Å². The first kappa shape index (κ1) is 13.1. The summed E-state index contributed by atoms with van der Waals surface area (Å²) in [7, 11) is 0. The summed E-state index contributed by atoms with van der Waals surface area (Å²) >= 11 is 2.05. The Hall–Kier alpha value is -1.56. The molecule has 0 atom stereocenters. The van der Waals surface area contributed by atoms with Crippen LogP contribution in [0.2, 0.25) is 0 Å². The molecule has 21 heavy (non-hydrogen) atoms. The first-order valence-corrected chi connectivity index (χ1v) is 8.42. The van der Waals surface area contributed by atoms with Gasteiger partial charge in [0.05, 0.1) is 5.69 Å². The topological polar surface area (TPSA) is 46.8 Å². The molecule has 2 saturated heterocycles. The van der Waals surface area contributed by atoms with Gasteiger partial charge in [-0.1, -0.05) is 0 Å². The van der Waals surface area contributed by atoms with Crippen molar-refractivity contribution < 1.29 is 0 Å². The van der Waals surface area contributed by atoms with Crippen LogP contribution in [0.4, 0.5) is 5.82 Å². The van der Waals surface area contributed by atoms with Gasteiger partial charge in [-0.3, -0.25) is 0 Å². The summed E-state index contributed by atoms with van der Waals surface area (Å²) in [5.41, 5.74) is 3.63. The van der Waals surface area contributed by atoms with E-state index in [2.05, 4.69) is 38.9 Å². The average Bonchev–Trinajstić information content (AvgIpc) is 2.64. The molecule has 2 aromatic heterocycles. The predicted molar refractivity (Wildman–Crippen MR) is 85.3 cm³/mol. The normalized spacial score (nSPS) is 19.5. The lowest BCUT2D eigenvalue weighted by atomic mass is 9.83. The molecule has 2 fully saturated rings. The van der Waals surface area contributed by atoms with Crippen molar-refractivity contribution in [3.63, 3.8) is 0 Å². The number of aryl methyl sites for hydroxylation is 3. The molecule has 0 saturated carbocycles. The summed E-state index contributed by atoms with van der Waals surface area (Å²) in [5.74, 6) is 4.32. The summed E-state index contributed by atoms with van der Waals surface area (Å²) < 4.78 is 1.83. The SMILES string of the molecule is Cc1cc(N2CC3(CSC3)C2)nc(-n2nc(C)cc2C)n1. The molecule has 0 bridgehead atoms. The highest BCUT2D eigenvalue weighted by Gasteiger charge is 2.48. The third-order valence-electron chi connectivity index (χ3n) is 4.22. The molecule has 0 aromatic carbocycles. The second kappa shape index (κ2) is 4.47. The molecule has 0 unspecified atom stereocenters. The molecule has 110 valence electrons. The zero-order valence-corrected chi connectivity index (χ0v) is 13.4. The molecule has 2 aromatic rings. The van der Waals surface area contributed by atoms with Gasteiger partial charge < -0.3 is 4.90 Å². The minimum absolute atomic E-state index is 0.571. The van der Waals surface area contributed by atoms with E-state index in [1.807, 2.05) is 25.5 Å². The quantitative estimate of drug-likeness (QED) is 0.850. The second-order valence-electron chi connectivity index (χ2n) is 6.36. The Morgan fingerprint density at radius 2 is 1.81 bits per heavy atom. The van der Waals surface area contributed by atoms with Crippen LogP contribution in [0.15, 0.2) is 12.1 Å². The molecule has 6 heteroatoms. The highest BCUT2D eigenvalue weighted by atomic mass is 32.2. The number of thioether (sulfide) groups is 1. The van der Waals surface area contributed by atoms with Crippen LogP contribution in [0.5, 0.6) is 0 Å². The van der Waals surface area contributed by atoms with Crippen LogP contribution >= 0.6 is 11.8 Å². The molecule has 4 heterocycles. The minimum atomic E-state index is 0.571. The molecular weight excluding hydrogens is 282 g/mol. The van der Waals surface area contributed by atoms with Crippen LogP contribution in [0.1, 0.15) is 17.1 Å². The lowest BCUT2D eigenvalue weighted by molar-refractivity contribution is 0.271. The largest absolute Gasteiger partial charge is 0.355 e. The summed E-state index contributed by atoms with van der Waals surface area (Å²) in [6, 6.07) is 4.13. The summed E-state index contributed by atoms with van der Waals surface area (Å²) in [6.07, 6.45) is 0. The highest BCUT2D eigenvalue weighted by Crippen LogP contribution is 2.46. The molecule has 5 nitrogen and oxygen atoms in total. The van der Waals surface area contributed by atoms with Crippen molar-refractivity contribution in [1.29, 1.82) is 0 Å². The van der Waals surface area contributed by atoms with E-state index in [1.54, 1.807) is 0 Å². The van der Waals surface area contributed by atoms with E-state index < -0.39 is 0 Å². The lowest BCUT2D eigenvalue weighted by Crippen LogP contribution is -2.63. The van der Waals surface area contributed by atoms with Gasteiger partial charge in [0.1, 0.15) is 5.82 Å². The van der Waals surface area contributed by atoms with Crippen molar-refractivity contribution in [3.8, 4) is 5.95 Å². The number of hydrogen-bond acceptors (Lipinski definition) is 5. The Morgan fingerprint density at radius 1 is 1.05 bits per heavy atom. The summed E-state index contributed by atoms with van der Waals surface area (Å²) in [6.45, 7) is 8.32. The fourth-order valence-electron chi connectivity index (χ4n) is 3.12. The second-order valence-corrected chi connectivity index (χ2v) is 7.34. The van der Waals surface area contributed by atoms with Crippen molar-refractivity contribution in [2.45, 2.75) is 20.8 Å². The van der Waals surface area contributed by atoms with Crippen molar-refractivity contribution >= 4 is 17.6 Å². The van der Waals surface area contributed by atoms with E-state index in [1.165, 1.54) is 11.5 Å². The van der Waals surface area contributed by atoms with E-state index in [-0.39, 0.29) is 0 Å². The Bertz CT molecular complexity index is 696. The molecule has 4 rings (SSSR count). The van der Waals surface area contributed by atoms with Gasteiger partial charge in [-0.2, -0.15) is 21.8 Å². The van der Waals surface area contributed by atoms with Crippen LogP contribution < -0.4 is 4.90 Å². The molecule has 0 amide bonds. The van der Waals surface area contributed by atoms with Gasteiger partial charge in [0.15, 0.2) is 0 Å². The van der Waals surface area contributed by atoms with Crippen molar-refractivity contribution in [1.82, 2.24) is 19.7 Å². The first-order valence-electron chi connectivity index (χ1n) is 7.27. The molecule has 2 aliphatic heterocycles. The highest BCUT2D eigenvalue weighted by molar-refractivity contribution is 8.00. The number of rotatable bonds is 2. The maximum absolute atomic E-state index is 4.73. The van der Waals surface area contributed by atoms with Crippen LogP contribution in [0, 0.1) is 26.2 Å². The zero-order chi connectivity index (χ0) is 14.6. The van der Waals surface area contributed by atoms with Crippen LogP contribution in [0.3, 0.4) is 0 Å². The maximum atomic E-state index is 4.73. The van der Waals surface area contributed by atoms with Crippen LogP contribution in [-0.2, 0) is 0 Å². The Balaban J connectivity index is 1.65. The van der Waals surface area contributed by atoms with E-state index in [0.717, 1.165) is 36.0 Å². The summed E-state index contributed by atoms with van der Waals surface area (Å²) in [5, 5.41) is 4.49. The van der Waals surface area contributed by atoms with E-state index in [9.17, 15) is 0 Å². The van der Waals surface area contributed by atoms with Crippen LogP contribution in [0.25, 0.3) is 5.95 Å². The Kier molecular flexibility index (Phi) is 2.79. The van der Waals surface area contributed by atoms with Crippen molar-refractivity contribution in [2.24, 2.45) is 5.41 Å². The lowest BCUT2D eigenvalue weighted by Gasteiger charge is -2.55. The standard InChI is InChI=1S/C15H19N5S/c1-10-5-13(19-6-15(7-19)8-21-9-15)17-14(16-10)20-12(3)4-11(2)18-20/h4-5H,6-9H2,1-3H3. The van der Waals surface area contributed by atoms with Gasteiger partial charge in [-0.25, -0.2) is 9.67 Å². The van der Waals surface area contributed by atoms with Gasteiger partial charge in [0.2, 0.25) is 0 Å². The van der Waals surface area contributed by atoms with E-state index >= 15 is 0 Å². The molecule has 0 aliphatic carbocycles. The molecular formula is C15H19N5S. The Labute approximate surface area is 128 Å². The third-order valence-corrected chi connectivity index (χ3v) is 5.85. The molecule has 1 spiro atoms.